The van der Waals surface area contributed by atoms with E-state index in [1.807, 2.05) is 20.0 Å². The molecule has 4 aliphatic carbocycles. The molecule has 0 saturated heterocycles. The highest BCUT2D eigenvalue weighted by molar-refractivity contribution is 5.88. The summed E-state index contributed by atoms with van der Waals surface area (Å²) in [5.74, 6) is 3.92. The van der Waals surface area contributed by atoms with E-state index in [2.05, 4.69) is 276 Å². The predicted molar refractivity (Wildman–Crippen MR) is 363 cm³/mol. The van der Waals surface area contributed by atoms with E-state index in [9.17, 15) is 0 Å². The van der Waals surface area contributed by atoms with Crippen molar-refractivity contribution in [3.8, 4) is 56.4 Å². The molecule has 1 aliphatic heterocycles. The Hall–Kier alpha value is -8.02. The van der Waals surface area contributed by atoms with Crippen molar-refractivity contribution in [2.45, 2.75) is 171 Å². The molecule has 1 atom stereocenters. The number of imidazole rings is 2. The molecule has 0 fully saturated rings. The molecule has 1 unspecified atom stereocenters. The summed E-state index contributed by atoms with van der Waals surface area (Å²) in [6.45, 7) is 27.9. The van der Waals surface area contributed by atoms with Crippen LogP contribution in [0.15, 0.2) is 212 Å². The molecule has 13 rings (SSSR count). The van der Waals surface area contributed by atoms with Crippen LogP contribution in [0.5, 0.6) is 0 Å². The summed E-state index contributed by atoms with van der Waals surface area (Å²) < 4.78 is 7.24. The molecule has 5 nitrogen and oxygen atoms in total. The quantitative estimate of drug-likeness (QED) is 0.108. The fourth-order valence-corrected chi connectivity index (χ4v) is 13.1. The molecule has 0 radical (unpaired) electrons. The third kappa shape index (κ3) is 12.4. The van der Waals surface area contributed by atoms with Gasteiger partial charge in [-0.3, -0.25) is 4.57 Å². The smallest absolute Gasteiger partial charge is 0.294 e. The first-order valence-corrected chi connectivity index (χ1v) is 32.3. The van der Waals surface area contributed by atoms with Crippen LogP contribution in [0.25, 0.3) is 62.0 Å². The lowest BCUT2D eigenvalue weighted by Crippen LogP contribution is -2.30. The van der Waals surface area contributed by atoms with Gasteiger partial charge in [-0.05, 0) is 174 Å². The molecule has 0 N–H and O–H groups in total. The van der Waals surface area contributed by atoms with Gasteiger partial charge >= 0.3 is 0 Å². The molecule has 2 aromatic heterocycles. The van der Waals surface area contributed by atoms with Crippen molar-refractivity contribution in [3.63, 3.8) is 0 Å². The van der Waals surface area contributed by atoms with E-state index in [4.69, 9.17) is 4.98 Å². The molecule has 5 aliphatic rings. The Balaban J connectivity index is 0.000000178. The summed E-state index contributed by atoms with van der Waals surface area (Å²) in [4.78, 5) is 7.37. The van der Waals surface area contributed by atoms with E-state index < -0.39 is 0 Å². The van der Waals surface area contributed by atoms with Crippen molar-refractivity contribution in [1.29, 1.82) is 0 Å². The summed E-state index contributed by atoms with van der Waals surface area (Å²) in [5.41, 5.74) is 27.1. The first-order valence-electron chi connectivity index (χ1n) is 32.3. The van der Waals surface area contributed by atoms with Gasteiger partial charge in [-0.15, -0.1) is 0 Å². The van der Waals surface area contributed by atoms with Crippen LogP contribution in [0.1, 0.15) is 197 Å². The Labute approximate surface area is 510 Å². The summed E-state index contributed by atoms with van der Waals surface area (Å²) in [6.07, 6.45) is 37.6. The Morgan fingerprint density at radius 1 is 0.553 bits per heavy atom. The molecule has 0 spiro atoms. The number of aromatic nitrogens is 4. The molecular formula is C80H92N5+. The predicted octanol–water partition coefficient (Wildman–Crippen LogP) is 21.9. The van der Waals surface area contributed by atoms with Crippen LogP contribution in [-0.4, -0.2) is 14.1 Å². The average molecular weight is 1120 g/mol. The average Bonchev–Trinajstić information content (AvgIpc) is 3.77. The lowest BCUT2D eigenvalue weighted by molar-refractivity contribution is -0.671. The van der Waals surface area contributed by atoms with Gasteiger partial charge in [-0.2, -0.15) is 4.57 Å². The molecule has 436 valence electrons. The maximum absolute atomic E-state index is 4.94. The zero-order valence-corrected chi connectivity index (χ0v) is 53.1. The van der Waals surface area contributed by atoms with Crippen LogP contribution in [0.4, 0.5) is 5.69 Å². The summed E-state index contributed by atoms with van der Waals surface area (Å²) in [6, 6.07) is 44.8. The highest BCUT2D eigenvalue weighted by Crippen LogP contribution is 2.48. The SMILES string of the molecule is CC.CC(C)c1cc(-c2cccc(N(C3=CCCC=C3)C3=CCCC=C3)c2)cc(C(C)C)c1-n1cc[n+]2c1-c1ccccc1C2.CCC.CCC(C)c1c2c(cc(C(C)C)c1-n1ccnc1-c1cccc(-c3ccccc3)c1)CC1=C2C=CCC1. The molecule has 5 heteroatoms. The van der Waals surface area contributed by atoms with E-state index in [-0.39, 0.29) is 0 Å². The van der Waals surface area contributed by atoms with Gasteiger partial charge in [0.25, 0.3) is 5.82 Å². The number of fused-ring (bicyclic) bond motifs is 5. The zero-order valence-electron chi connectivity index (χ0n) is 53.1. The first-order chi connectivity index (χ1) is 41.5. The number of anilines is 1. The lowest BCUT2D eigenvalue weighted by Gasteiger charge is -2.30. The van der Waals surface area contributed by atoms with E-state index in [1.165, 1.54) is 126 Å². The molecule has 85 heavy (non-hydrogen) atoms. The number of hydrogen-bond donors (Lipinski definition) is 0. The first kappa shape index (κ1) is 60.1. The van der Waals surface area contributed by atoms with Gasteiger partial charge in [-0.25, -0.2) is 9.55 Å². The Morgan fingerprint density at radius 2 is 1.15 bits per heavy atom. The standard InChI is InChI=1S/C40H42N3.C35H36N2.C3H8.C2H6/c1-28(2)37-25-32(26-38(29(3)4)39(37)42-23-22-41-27-31-14-11-12-21-36(31)40(41)42)30-15-13-20-35(24-30)43(33-16-7-5-8-17-33)34-18-9-6-10-19-34;1-5-24(4)32-33-29(21-27-14-9-10-17-30(27)33)22-31(23(2)3)34(32)37-19-18-36-35(37)28-16-11-15-26(20-28)25-12-7-6-8-13-25;1-3-2;1-2/h7,9,11-26,28-29H,5-6,8,10,27H2,1-4H3;6-8,10-13,15-20,22-24H,5,9,14,21H2,1-4H3;3H2,1-2H3;1-2H3/q+1;;;. The van der Waals surface area contributed by atoms with Crippen molar-refractivity contribution in [1.82, 2.24) is 14.1 Å². The van der Waals surface area contributed by atoms with Crippen LogP contribution >= 0.6 is 0 Å². The maximum Gasteiger partial charge on any atom is 0.294 e. The van der Waals surface area contributed by atoms with Crippen molar-refractivity contribution in [3.05, 3.63) is 251 Å². The van der Waals surface area contributed by atoms with E-state index in [1.54, 1.807) is 5.57 Å². The Bertz CT molecular complexity index is 3780. The monoisotopic (exact) mass is 1120 g/mol. The van der Waals surface area contributed by atoms with Crippen LogP contribution in [-0.2, 0) is 13.0 Å². The number of benzene rings is 6. The third-order valence-electron chi connectivity index (χ3n) is 17.3. The van der Waals surface area contributed by atoms with Crippen molar-refractivity contribution >= 4 is 11.3 Å². The fraction of sp³-hybridized carbons (Fsp3) is 0.325. The lowest BCUT2D eigenvalue weighted by atomic mass is 9.82. The van der Waals surface area contributed by atoms with Gasteiger partial charge < -0.3 is 4.90 Å². The second-order valence-corrected chi connectivity index (χ2v) is 24.3. The van der Waals surface area contributed by atoms with Crippen molar-refractivity contribution in [2.75, 3.05) is 4.90 Å². The van der Waals surface area contributed by atoms with Gasteiger partial charge in [0, 0.05) is 51.7 Å². The van der Waals surface area contributed by atoms with Crippen molar-refractivity contribution < 1.29 is 4.57 Å². The molecule has 0 amide bonds. The van der Waals surface area contributed by atoms with Crippen LogP contribution in [0.3, 0.4) is 0 Å². The minimum absolute atomic E-state index is 0.377. The topological polar surface area (TPSA) is 29.9 Å². The number of rotatable bonds is 13. The highest BCUT2D eigenvalue weighted by Gasteiger charge is 2.34. The number of hydrogen-bond acceptors (Lipinski definition) is 2. The van der Waals surface area contributed by atoms with E-state index >= 15 is 0 Å². The van der Waals surface area contributed by atoms with Crippen LogP contribution < -0.4 is 9.47 Å². The van der Waals surface area contributed by atoms with Gasteiger partial charge in [0.15, 0.2) is 0 Å². The minimum atomic E-state index is 0.377. The van der Waals surface area contributed by atoms with Gasteiger partial charge in [-0.1, -0.05) is 216 Å². The molecule has 6 aromatic carbocycles. The fourth-order valence-electron chi connectivity index (χ4n) is 13.1. The van der Waals surface area contributed by atoms with Gasteiger partial charge in [0.05, 0.1) is 11.3 Å². The zero-order chi connectivity index (χ0) is 59.7. The Morgan fingerprint density at radius 3 is 1.80 bits per heavy atom. The highest BCUT2D eigenvalue weighted by atomic mass is 15.2. The summed E-state index contributed by atoms with van der Waals surface area (Å²) >= 11 is 0. The third-order valence-corrected chi connectivity index (χ3v) is 17.3. The second kappa shape index (κ2) is 27.3. The normalized spacial score (nSPS) is 14.8. The molecule has 3 heterocycles. The summed E-state index contributed by atoms with van der Waals surface area (Å²) in [7, 11) is 0. The maximum atomic E-state index is 4.94. The number of allylic oxidation sites excluding steroid dienone is 10. The van der Waals surface area contributed by atoms with E-state index in [0.29, 0.717) is 23.7 Å². The van der Waals surface area contributed by atoms with Gasteiger partial charge in [0.2, 0.25) is 0 Å². The molecular weight excluding hydrogens is 1030 g/mol. The molecule has 8 aromatic rings. The van der Waals surface area contributed by atoms with Crippen LogP contribution in [0.2, 0.25) is 0 Å². The van der Waals surface area contributed by atoms with Crippen LogP contribution in [0, 0.1) is 0 Å². The number of nitrogens with zero attached hydrogens (tertiary/aromatic N) is 5. The van der Waals surface area contributed by atoms with Crippen molar-refractivity contribution in [2.24, 2.45) is 0 Å². The molecule has 0 bridgehead atoms. The van der Waals surface area contributed by atoms with Gasteiger partial charge in [0.1, 0.15) is 30.5 Å². The summed E-state index contributed by atoms with van der Waals surface area (Å²) in [5, 5.41) is 0. The second-order valence-electron chi connectivity index (χ2n) is 24.3. The minimum Gasteiger partial charge on any atom is -0.311 e. The van der Waals surface area contributed by atoms with E-state index in [0.717, 1.165) is 56.5 Å². The largest absolute Gasteiger partial charge is 0.311 e. The Kier molecular flexibility index (Phi) is 19.3. The molecule has 0 saturated carbocycles.